The van der Waals surface area contributed by atoms with Crippen LogP contribution in [0.4, 0.5) is 0 Å². The largest absolute Gasteiger partial charge is 0.497 e. The van der Waals surface area contributed by atoms with Crippen LogP contribution in [-0.2, 0) is 4.79 Å². The molecule has 0 bridgehead atoms. The van der Waals surface area contributed by atoms with Gasteiger partial charge in [-0.15, -0.1) is 0 Å². The van der Waals surface area contributed by atoms with Crippen LogP contribution in [0.25, 0.3) is 0 Å². The van der Waals surface area contributed by atoms with Gasteiger partial charge in [0, 0.05) is 0 Å². The first-order chi connectivity index (χ1) is 6.77. The summed E-state index contributed by atoms with van der Waals surface area (Å²) in [6.07, 6.45) is 0.535. The minimum atomic E-state index is 0.535. The standard InChI is InChI=1S/C10H12N2O2/c1-8(12-11-7-13)9-3-5-10(14-2)6-4-9/h3-7H,1-2H3,(H,11,13). The van der Waals surface area contributed by atoms with Crippen LogP contribution in [0.2, 0.25) is 0 Å². The summed E-state index contributed by atoms with van der Waals surface area (Å²) in [6.45, 7) is 1.82. The molecule has 1 aromatic rings. The van der Waals surface area contributed by atoms with Crippen molar-refractivity contribution in [2.75, 3.05) is 7.11 Å². The monoisotopic (exact) mass is 192 g/mol. The molecule has 14 heavy (non-hydrogen) atoms. The summed E-state index contributed by atoms with van der Waals surface area (Å²) in [5, 5.41) is 3.83. The summed E-state index contributed by atoms with van der Waals surface area (Å²) in [5.74, 6) is 0.796. The van der Waals surface area contributed by atoms with Crippen LogP contribution < -0.4 is 10.2 Å². The number of carbonyl (C=O) groups is 1. The van der Waals surface area contributed by atoms with Crippen molar-refractivity contribution >= 4 is 12.1 Å². The van der Waals surface area contributed by atoms with Crippen LogP contribution >= 0.6 is 0 Å². The van der Waals surface area contributed by atoms with Gasteiger partial charge in [0.25, 0.3) is 0 Å². The van der Waals surface area contributed by atoms with Gasteiger partial charge in [-0.1, -0.05) is 0 Å². The summed E-state index contributed by atoms with van der Waals surface area (Å²) < 4.78 is 5.02. The molecular formula is C10H12N2O2. The zero-order chi connectivity index (χ0) is 10.4. The normalized spacial score (nSPS) is 10.9. The van der Waals surface area contributed by atoms with E-state index in [0.29, 0.717) is 6.41 Å². The molecule has 0 radical (unpaired) electrons. The van der Waals surface area contributed by atoms with Gasteiger partial charge in [0.15, 0.2) is 0 Å². The van der Waals surface area contributed by atoms with E-state index in [1.807, 2.05) is 31.2 Å². The molecule has 74 valence electrons. The molecule has 0 spiro atoms. The number of nitrogens with one attached hydrogen (secondary N) is 1. The quantitative estimate of drug-likeness (QED) is 0.442. The van der Waals surface area contributed by atoms with Gasteiger partial charge in [-0.2, -0.15) is 5.10 Å². The predicted molar refractivity (Wildman–Crippen MR) is 54.4 cm³/mol. The average Bonchev–Trinajstić information content (AvgIpc) is 2.26. The topological polar surface area (TPSA) is 50.7 Å². The Morgan fingerprint density at radius 1 is 1.43 bits per heavy atom. The molecule has 1 amide bonds. The van der Waals surface area contributed by atoms with Crippen LogP contribution in [0.5, 0.6) is 5.75 Å². The molecule has 0 saturated heterocycles. The summed E-state index contributed by atoms with van der Waals surface area (Å²) in [4.78, 5) is 10.0. The molecule has 4 nitrogen and oxygen atoms in total. The second kappa shape index (κ2) is 5.01. The fraction of sp³-hybridized carbons (Fsp3) is 0.200. The predicted octanol–water partition coefficient (Wildman–Crippen LogP) is 1.17. The Hall–Kier alpha value is -1.84. The van der Waals surface area contributed by atoms with Gasteiger partial charge in [0.05, 0.1) is 12.8 Å². The van der Waals surface area contributed by atoms with E-state index < -0.39 is 0 Å². The third kappa shape index (κ3) is 2.58. The lowest BCUT2D eigenvalue weighted by Crippen LogP contribution is -2.06. The number of methoxy groups -OCH3 is 1. The minimum Gasteiger partial charge on any atom is -0.497 e. The third-order valence-electron chi connectivity index (χ3n) is 1.79. The molecule has 0 aliphatic carbocycles. The molecule has 0 heterocycles. The van der Waals surface area contributed by atoms with Crippen molar-refractivity contribution in [3.8, 4) is 5.75 Å². The first-order valence-corrected chi connectivity index (χ1v) is 4.16. The van der Waals surface area contributed by atoms with Gasteiger partial charge < -0.3 is 4.74 Å². The number of amides is 1. The van der Waals surface area contributed by atoms with Crippen LogP contribution in [0, 0.1) is 0 Å². The molecule has 1 rings (SSSR count). The van der Waals surface area contributed by atoms with Crippen molar-refractivity contribution in [1.29, 1.82) is 0 Å². The fourth-order valence-electron chi connectivity index (χ4n) is 1.02. The molecule has 0 unspecified atom stereocenters. The van der Waals surface area contributed by atoms with E-state index in [1.54, 1.807) is 7.11 Å². The van der Waals surface area contributed by atoms with Crippen LogP contribution in [0.3, 0.4) is 0 Å². The number of ether oxygens (including phenoxy) is 1. The maximum atomic E-state index is 10.0. The van der Waals surface area contributed by atoms with E-state index in [2.05, 4.69) is 10.5 Å². The number of rotatable bonds is 4. The number of benzene rings is 1. The lowest BCUT2D eigenvalue weighted by Gasteiger charge is -2.02. The van der Waals surface area contributed by atoms with Gasteiger partial charge in [0.1, 0.15) is 5.75 Å². The molecule has 0 fully saturated rings. The fourth-order valence-corrected chi connectivity index (χ4v) is 1.02. The first-order valence-electron chi connectivity index (χ1n) is 4.16. The number of carbonyl (C=O) groups excluding carboxylic acids is 1. The molecule has 0 saturated carbocycles. The molecule has 1 aromatic carbocycles. The van der Waals surface area contributed by atoms with Gasteiger partial charge in [-0.05, 0) is 36.8 Å². The van der Waals surface area contributed by atoms with Crippen molar-refractivity contribution in [1.82, 2.24) is 5.43 Å². The number of hydrogen-bond acceptors (Lipinski definition) is 3. The molecule has 0 aromatic heterocycles. The van der Waals surface area contributed by atoms with E-state index in [-0.39, 0.29) is 0 Å². The Bertz CT molecular complexity index is 330. The highest BCUT2D eigenvalue weighted by molar-refractivity contribution is 5.98. The zero-order valence-electron chi connectivity index (χ0n) is 8.15. The van der Waals surface area contributed by atoms with Crippen molar-refractivity contribution in [2.24, 2.45) is 5.10 Å². The second-order valence-electron chi connectivity index (χ2n) is 2.67. The Kier molecular flexibility index (Phi) is 3.67. The van der Waals surface area contributed by atoms with Crippen molar-refractivity contribution in [2.45, 2.75) is 6.92 Å². The Balaban J connectivity index is 2.80. The van der Waals surface area contributed by atoms with Gasteiger partial charge >= 0.3 is 0 Å². The number of hydrazone groups is 1. The van der Waals surface area contributed by atoms with Crippen molar-refractivity contribution < 1.29 is 9.53 Å². The van der Waals surface area contributed by atoms with Crippen LogP contribution in [0.1, 0.15) is 12.5 Å². The van der Waals surface area contributed by atoms with Gasteiger partial charge in [0.2, 0.25) is 6.41 Å². The van der Waals surface area contributed by atoms with E-state index in [9.17, 15) is 4.79 Å². The molecule has 4 heteroatoms. The molecular weight excluding hydrogens is 180 g/mol. The SMILES string of the molecule is COc1ccc(C(C)=NNC=O)cc1. The van der Waals surface area contributed by atoms with Crippen LogP contribution in [0.15, 0.2) is 29.4 Å². The Morgan fingerprint density at radius 2 is 2.07 bits per heavy atom. The highest BCUT2D eigenvalue weighted by Gasteiger charge is 1.97. The smallest absolute Gasteiger partial charge is 0.227 e. The molecule has 0 aliphatic heterocycles. The maximum Gasteiger partial charge on any atom is 0.227 e. The summed E-state index contributed by atoms with van der Waals surface area (Å²) in [5.41, 5.74) is 3.95. The molecule has 1 N–H and O–H groups in total. The Labute approximate surface area is 82.6 Å². The first kappa shape index (κ1) is 10.2. The lowest BCUT2D eigenvalue weighted by atomic mass is 10.1. The zero-order valence-corrected chi connectivity index (χ0v) is 8.15. The van der Waals surface area contributed by atoms with E-state index in [0.717, 1.165) is 17.0 Å². The third-order valence-corrected chi connectivity index (χ3v) is 1.79. The highest BCUT2D eigenvalue weighted by Crippen LogP contribution is 2.11. The molecule has 0 atom stereocenters. The maximum absolute atomic E-state index is 10.0. The second-order valence-corrected chi connectivity index (χ2v) is 2.67. The van der Waals surface area contributed by atoms with E-state index in [1.165, 1.54) is 0 Å². The van der Waals surface area contributed by atoms with Gasteiger partial charge in [-0.25, -0.2) is 5.43 Å². The van der Waals surface area contributed by atoms with E-state index >= 15 is 0 Å². The van der Waals surface area contributed by atoms with Crippen LogP contribution in [-0.4, -0.2) is 19.2 Å². The molecule has 0 aliphatic rings. The number of hydrogen-bond donors (Lipinski definition) is 1. The van der Waals surface area contributed by atoms with Gasteiger partial charge in [-0.3, -0.25) is 4.79 Å². The average molecular weight is 192 g/mol. The summed E-state index contributed by atoms with van der Waals surface area (Å²) in [7, 11) is 1.61. The van der Waals surface area contributed by atoms with Crippen molar-refractivity contribution in [3.05, 3.63) is 29.8 Å². The summed E-state index contributed by atoms with van der Waals surface area (Å²) in [6, 6.07) is 7.44. The Morgan fingerprint density at radius 3 is 2.57 bits per heavy atom. The van der Waals surface area contributed by atoms with Crippen molar-refractivity contribution in [3.63, 3.8) is 0 Å². The van der Waals surface area contributed by atoms with E-state index in [4.69, 9.17) is 4.74 Å². The summed E-state index contributed by atoms with van der Waals surface area (Å²) >= 11 is 0. The lowest BCUT2D eigenvalue weighted by molar-refractivity contribution is -0.109. The highest BCUT2D eigenvalue weighted by atomic mass is 16.5. The minimum absolute atomic E-state index is 0.535. The number of nitrogens with zero attached hydrogens (tertiary/aromatic N) is 1.